The second-order valence-corrected chi connectivity index (χ2v) is 6.06. The van der Waals surface area contributed by atoms with Crippen molar-refractivity contribution in [2.75, 3.05) is 0 Å². The Morgan fingerprint density at radius 3 is 2.75 bits per heavy atom. The van der Waals surface area contributed by atoms with E-state index in [4.69, 9.17) is 16.0 Å². The summed E-state index contributed by atoms with van der Waals surface area (Å²) in [5.74, 6) is -0.371. The Morgan fingerprint density at radius 2 is 2.00 bits per heavy atom. The lowest BCUT2D eigenvalue weighted by atomic mass is 9.98. The highest BCUT2D eigenvalue weighted by Gasteiger charge is 2.18. The summed E-state index contributed by atoms with van der Waals surface area (Å²) in [6.07, 6.45) is 5.40. The predicted molar refractivity (Wildman–Crippen MR) is 92.4 cm³/mol. The number of aromatic nitrogens is 3. The van der Waals surface area contributed by atoms with Gasteiger partial charge in [-0.3, -0.25) is 4.57 Å². The van der Waals surface area contributed by atoms with E-state index in [1.807, 2.05) is 53.2 Å². The van der Waals surface area contributed by atoms with Gasteiger partial charge in [0.15, 0.2) is 5.58 Å². The molecule has 6 heteroatoms. The van der Waals surface area contributed by atoms with Crippen LogP contribution < -0.4 is 5.76 Å². The first kappa shape index (κ1) is 14.8. The van der Waals surface area contributed by atoms with E-state index in [9.17, 15) is 4.79 Å². The molecule has 0 aliphatic heterocycles. The van der Waals surface area contributed by atoms with Crippen molar-refractivity contribution in [2.24, 2.45) is 7.05 Å². The third-order valence-corrected chi connectivity index (χ3v) is 4.35. The van der Waals surface area contributed by atoms with E-state index in [1.165, 1.54) is 4.57 Å². The van der Waals surface area contributed by atoms with E-state index in [0.29, 0.717) is 10.6 Å². The Labute approximate surface area is 142 Å². The molecule has 5 nitrogen and oxygen atoms in total. The fraction of sp³-hybridized carbons (Fsp3) is 0.111. The summed E-state index contributed by atoms with van der Waals surface area (Å²) in [5, 5.41) is 0.671. The van der Waals surface area contributed by atoms with Crippen LogP contribution in [0, 0.1) is 0 Å². The van der Waals surface area contributed by atoms with Crippen molar-refractivity contribution < 1.29 is 4.42 Å². The van der Waals surface area contributed by atoms with Crippen molar-refractivity contribution in [3.8, 4) is 0 Å². The molecule has 4 rings (SSSR count). The van der Waals surface area contributed by atoms with Gasteiger partial charge < -0.3 is 8.98 Å². The van der Waals surface area contributed by atoms with Gasteiger partial charge >= 0.3 is 5.76 Å². The molecule has 0 amide bonds. The van der Waals surface area contributed by atoms with E-state index >= 15 is 0 Å². The highest BCUT2D eigenvalue weighted by Crippen LogP contribution is 2.30. The van der Waals surface area contributed by atoms with E-state index in [-0.39, 0.29) is 11.8 Å². The normalized spacial score (nSPS) is 12.6. The van der Waals surface area contributed by atoms with Crippen molar-refractivity contribution in [2.45, 2.75) is 6.04 Å². The molecule has 2 aromatic heterocycles. The maximum absolute atomic E-state index is 11.7. The molecule has 120 valence electrons. The summed E-state index contributed by atoms with van der Waals surface area (Å²) in [6.45, 7) is 0. The molecule has 0 N–H and O–H groups in total. The summed E-state index contributed by atoms with van der Waals surface area (Å²) in [7, 11) is 1.69. The second kappa shape index (κ2) is 5.69. The van der Waals surface area contributed by atoms with Gasteiger partial charge in [-0.15, -0.1) is 0 Å². The Balaban J connectivity index is 1.92. The number of aryl methyl sites for hydroxylation is 1. The lowest BCUT2D eigenvalue weighted by molar-refractivity contribution is 0.527. The summed E-state index contributed by atoms with van der Waals surface area (Å²) in [5.41, 5.74) is 3.33. The maximum atomic E-state index is 11.7. The molecule has 0 fully saturated rings. The van der Waals surface area contributed by atoms with Crippen LogP contribution in [0.2, 0.25) is 5.02 Å². The number of nitrogens with zero attached hydrogens (tertiary/aromatic N) is 3. The predicted octanol–water partition coefficient (Wildman–Crippen LogP) is 3.62. The zero-order chi connectivity index (χ0) is 16.7. The van der Waals surface area contributed by atoms with Crippen LogP contribution in [0.4, 0.5) is 0 Å². The summed E-state index contributed by atoms with van der Waals surface area (Å²) < 4.78 is 8.81. The fourth-order valence-corrected chi connectivity index (χ4v) is 3.15. The Bertz CT molecular complexity index is 1060. The minimum Gasteiger partial charge on any atom is -0.408 e. The van der Waals surface area contributed by atoms with Crippen LogP contribution in [0.15, 0.2) is 70.4 Å². The molecule has 0 saturated carbocycles. The number of fused-ring (bicyclic) bond motifs is 1. The first-order valence-corrected chi connectivity index (χ1v) is 7.83. The lowest BCUT2D eigenvalue weighted by Crippen LogP contribution is -2.10. The van der Waals surface area contributed by atoms with Gasteiger partial charge in [-0.25, -0.2) is 9.78 Å². The Hall–Kier alpha value is -2.79. The number of hydrogen-bond donors (Lipinski definition) is 0. The van der Waals surface area contributed by atoms with Crippen LogP contribution in [-0.4, -0.2) is 14.1 Å². The van der Waals surface area contributed by atoms with E-state index in [1.54, 1.807) is 19.6 Å². The topological polar surface area (TPSA) is 53.0 Å². The minimum absolute atomic E-state index is 0.110. The van der Waals surface area contributed by atoms with Gasteiger partial charge in [0.25, 0.3) is 0 Å². The number of oxazole rings is 1. The molecule has 0 aliphatic carbocycles. The standard InChI is InChI=1S/C18H14ClN3O2/c1-21-15-6-5-13(10-16(15)24-18(21)23)17(22-8-7-20-11-22)12-3-2-4-14(19)9-12/h2-11,17H,1H3. The van der Waals surface area contributed by atoms with Crippen molar-refractivity contribution >= 4 is 22.7 Å². The first-order chi connectivity index (χ1) is 11.6. The quantitative estimate of drug-likeness (QED) is 0.573. The van der Waals surface area contributed by atoms with Gasteiger partial charge in [0.05, 0.1) is 17.9 Å². The molecule has 0 aliphatic rings. The molecule has 0 bridgehead atoms. The first-order valence-electron chi connectivity index (χ1n) is 7.46. The van der Waals surface area contributed by atoms with Crippen LogP contribution in [-0.2, 0) is 7.05 Å². The van der Waals surface area contributed by atoms with Crippen LogP contribution in [0.5, 0.6) is 0 Å². The molecule has 0 saturated heterocycles. The van der Waals surface area contributed by atoms with E-state index in [0.717, 1.165) is 16.6 Å². The van der Waals surface area contributed by atoms with Crippen molar-refractivity contribution in [1.82, 2.24) is 14.1 Å². The monoisotopic (exact) mass is 339 g/mol. The van der Waals surface area contributed by atoms with Crippen molar-refractivity contribution in [1.29, 1.82) is 0 Å². The molecule has 2 aromatic carbocycles. The van der Waals surface area contributed by atoms with Gasteiger partial charge in [0.2, 0.25) is 0 Å². The number of rotatable bonds is 3. The molecule has 1 atom stereocenters. The Morgan fingerprint density at radius 1 is 1.17 bits per heavy atom. The van der Waals surface area contributed by atoms with Crippen LogP contribution in [0.25, 0.3) is 11.1 Å². The van der Waals surface area contributed by atoms with Gasteiger partial charge in [0.1, 0.15) is 0 Å². The average molecular weight is 340 g/mol. The number of benzene rings is 2. The third-order valence-electron chi connectivity index (χ3n) is 4.12. The van der Waals surface area contributed by atoms with E-state index < -0.39 is 0 Å². The molecule has 0 radical (unpaired) electrons. The van der Waals surface area contributed by atoms with Gasteiger partial charge in [0, 0.05) is 24.5 Å². The molecule has 0 spiro atoms. The van der Waals surface area contributed by atoms with Crippen molar-refractivity contribution in [3.05, 3.63) is 87.9 Å². The highest BCUT2D eigenvalue weighted by atomic mass is 35.5. The molecular weight excluding hydrogens is 326 g/mol. The second-order valence-electron chi connectivity index (χ2n) is 5.62. The Kier molecular flexibility index (Phi) is 3.50. The minimum atomic E-state index is -0.371. The molecule has 24 heavy (non-hydrogen) atoms. The molecule has 2 heterocycles. The van der Waals surface area contributed by atoms with E-state index in [2.05, 4.69) is 4.98 Å². The van der Waals surface area contributed by atoms with Gasteiger partial charge in [-0.1, -0.05) is 29.8 Å². The molecular formula is C18H14ClN3O2. The lowest BCUT2D eigenvalue weighted by Gasteiger charge is -2.20. The summed E-state index contributed by atoms with van der Waals surface area (Å²) >= 11 is 6.17. The summed E-state index contributed by atoms with van der Waals surface area (Å²) in [4.78, 5) is 15.9. The number of hydrogen-bond acceptors (Lipinski definition) is 3. The zero-order valence-corrected chi connectivity index (χ0v) is 13.6. The SMILES string of the molecule is Cn1c(=O)oc2cc(C(c3cccc(Cl)c3)n3ccnc3)ccc21. The van der Waals surface area contributed by atoms with Crippen LogP contribution in [0.1, 0.15) is 17.2 Å². The molecule has 1 unspecified atom stereocenters. The third kappa shape index (κ3) is 2.43. The van der Waals surface area contributed by atoms with Gasteiger partial charge in [-0.05, 0) is 35.4 Å². The van der Waals surface area contributed by atoms with Crippen LogP contribution >= 0.6 is 11.6 Å². The fourth-order valence-electron chi connectivity index (χ4n) is 2.96. The molecule has 4 aromatic rings. The number of imidazole rings is 1. The van der Waals surface area contributed by atoms with Crippen LogP contribution in [0.3, 0.4) is 0 Å². The smallest absolute Gasteiger partial charge is 0.408 e. The zero-order valence-electron chi connectivity index (χ0n) is 12.9. The van der Waals surface area contributed by atoms with Gasteiger partial charge in [-0.2, -0.15) is 0 Å². The summed E-state index contributed by atoms with van der Waals surface area (Å²) in [6, 6.07) is 13.4. The number of halogens is 1. The average Bonchev–Trinajstić information content (AvgIpc) is 3.17. The largest absolute Gasteiger partial charge is 0.419 e. The highest BCUT2D eigenvalue weighted by molar-refractivity contribution is 6.30. The maximum Gasteiger partial charge on any atom is 0.419 e. The van der Waals surface area contributed by atoms with Crippen molar-refractivity contribution in [3.63, 3.8) is 0 Å².